The molecule has 1 aliphatic heterocycles. The maximum absolute atomic E-state index is 2.54. The zero-order valence-electron chi connectivity index (χ0n) is 16.7. The molecular weight excluding hydrogens is 346 g/mol. The highest BCUT2D eigenvalue weighted by atomic mass is 28.3. The number of fused-ring (bicyclic) bond motifs is 2. The van der Waals surface area contributed by atoms with E-state index in [0.29, 0.717) is 0 Å². The standard InChI is InChI=1S/C23H28NSi2/c1-17-15-22-23(16-18(17)19-11-9-10-14-24(19)2)26(5,6)21-13-8-7-12-20(21)25(22,3)4/h7-16H,1-6H3/q+1. The third-order valence-electron chi connectivity index (χ3n) is 6.32. The first-order valence-corrected chi connectivity index (χ1v) is 15.4. The molecule has 0 spiro atoms. The lowest BCUT2D eigenvalue weighted by Gasteiger charge is -2.42. The van der Waals surface area contributed by atoms with Crippen LogP contribution < -0.4 is 25.3 Å². The van der Waals surface area contributed by atoms with Crippen molar-refractivity contribution in [2.75, 3.05) is 0 Å². The van der Waals surface area contributed by atoms with Gasteiger partial charge in [-0.3, -0.25) is 0 Å². The molecule has 0 saturated heterocycles. The second-order valence-electron chi connectivity index (χ2n) is 8.71. The molecule has 0 unspecified atom stereocenters. The third kappa shape index (κ3) is 2.37. The molecule has 0 bridgehead atoms. The molecule has 3 heteroatoms. The molecule has 4 rings (SSSR count). The van der Waals surface area contributed by atoms with Crippen molar-refractivity contribution in [1.82, 2.24) is 0 Å². The Labute approximate surface area is 159 Å². The minimum atomic E-state index is -1.70. The van der Waals surface area contributed by atoms with E-state index in [2.05, 4.69) is 106 Å². The summed E-state index contributed by atoms with van der Waals surface area (Å²) in [5.74, 6) is 0. The number of rotatable bonds is 1. The van der Waals surface area contributed by atoms with Gasteiger partial charge in [-0.15, -0.1) is 0 Å². The molecule has 2 heterocycles. The summed E-state index contributed by atoms with van der Waals surface area (Å²) in [4.78, 5) is 0. The monoisotopic (exact) mass is 374 g/mol. The first kappa shape index (κ1) is 17.4. The molecule has 0 N–H and O–H groups in total. The lowest BCUT2D eigenvalue weighted by atomic mass is 10.0. The molecule has 0 radical (unpaired) electrons. The summed E-state index contributed by atoms with van der Waals surface area (Å²) < 4.78 is 2.24. The summed E-state index contributed by atoms with van der Waals surface area (Å²) in [7, 11) is -1.22. The molecule has 0 aliphatic carbocycles. The van der Waals surface area contributed by atoms with Crippen LogP contribution in [0.25, 0.3) is 11.3 Å². The lowest BCUT2D eigenvalue weighted by molar-refractivity contribution is -0.660. The van der Waals surface area contributed by atoms with Crippen LogP contribution >= 0.6 is 0 Å². The number of pyridine rings is 1. The second-order valence-corrected chi connectivity index (χ2v) is 17.4. The van der Waals surface area contributed by atoms with E-state index in [9.17, 15) is 0 Å². The molecule has 2 aromatic carbocycles. The molecule has 1 aromatic heterocycles. The van der Waals surface area contributed by atoms with E-state index in [4.69, 9.17) is 0 Å². The van der Waals surface area contributed by atoms with Gasteiger partial charge in [0, 0.05) is 17.7 Å². The lowest BCUT2D eigenvalue weighted by Crippen LogP contribution is -2.77. The summed E-state index contributed by atoms with van der Waals surface area (Å²) in [6.07, 6.45) is 2.14. The van der Waals surface area contributed by atoms with Gasteiger partial charge in [-0.25, -0.2) is 4.57 Å². The van der Waals surface area contributed by atoms with Gasteiger partial charge in [0.2, 0.25) is 5.69 Å². The maximum atomic E-state index is 2.54. The number of aryl methyl sites for hydroxylation is 2. The Bertz CT molecular complexity index is 1020. The molecule has 0 saturated carbocycles. The highest BCUT2D eigenvalue weighted by Crippen LogP contribution is 2.23. The van der Waals surface area contributed by atoms with E-state index in [1.165, 1.54) is 16.8 Å². The summed E-state index contributed by atoms with van der Waals surface area (Å²) >= 11 is 0. The Morgan fingerprint density at radius 1 is 0.692 bits per heavy atom. The quantitative estimate of drug-likeness (QED) is 0.455. The van der Waals surface area contributed by atoms with E-state index in [1.54, 1.807) is 20.7 Å². The van der Waals surface area contributed by atoms with Crippen LogP contribution in [-0.2, 0) is 7.05 Å². The van der Waals surface area contributed by atoms with Crippen molar-refractivity contribution in [2.24, 2.45) is 7.05 Å². The van der Waals surface area contributed by atoms with Gasteiger partial charge >= 0.3 is 0 Å². The minimum Gasteiger partial charge on any atom is -0.201 e. The van der Waals surface area contributed by atoms with Crippen molar-refractivity contribution in [3.05, 3.63) is 66.4 Å². The molecule has 3 aromatic rings. The van der Waals surface area contributed by atoms with Crippen LogP contribution in [0.3, 0.4) is 0 Å². The normalized spacial score (nSPS) is 16.7. The molecule has 1 nitrogen and oxygen atoms in total. The van der Waals surface area contributed by atoms with E-state index < -0.39 is 16.1 Å². The zero-order valence-corrected chi connectivity index (χ0v) is 18.7. The first-order chi connectivity index (χ1) is 12.2. The summed E-state index contributed by atoms with van der Waals surface area (Å²) in [5, 5.41) is 6.61. The number of hydrogen-bond donors (Lipinski definition) is 0. The van der Waals surface area contributed by atoms with Gasteiger partial charge in [-0.1, -0.05) is 77.3 Å². The highest BCUT2D eigenvalue weighted by Gasteiger charge is 2.44. The van der Waals surface area contributed by atoms with Crippen LogP contribution in [0, 0.1) is 6.92 Å². The highest BCUT2D eigenvalue weighted by molar-refractivity contribution is 7.16. The van der Waals surface area contributed by atoms with Gasteiger partial charge in [0.05, 0.1) is 0 Å². The Morgan fingerprint density at radius 2 is 1.23 bits per heavy atom. The SMILES string of the molecule is Cc1cc2c(cc1-c1cccc[n+]1C)[Si](C)(C)c1ccccc1[Si]2(C)C. The fraction of sp³-hybridized carbons (Fsp3) is 0.261. The molecule has 132 valence electrons. The van der Waals surface area contributed by atoms with Crippen LogP contribution in [0.2, 0.25) is 26.2 Å². The Morgan fingerprint density at radius 3 is 1.81 bits per heavy atom. The number of benzene rings is 2. The van der Waals surface area contributed by atoms with Crippen molar-refractivity contribution in [3.8, 4) is 11.3 Å². The molecule has 1 aliphatic rings. The second kappa shape index (κ2) is 5.76. The van der Waals surface area contributed by atoms with Gasteiger partial charge in [0.15, 0.2) is 6.20 Å². The molecule has 0 atom stereocenters. The third-order valence-corrected chi connectivity index (χ3v) is 13.9. The average molecular weight is 375 g/mol. The predicted octanol–water partition coefficient (Wildman–Crippen LogP) is 2.45. The van der Waals surface area contributed by atoms with Crippen molar-refractivity contribution in [2.45, 2.75) is 33.1 Å². The van der Waals surface area contributed by atoms with E-state index in [-0.39, 0.29) is 0 Å². The van der Waals surface area contributed by atoms with Gasteiger partial charge in [-0.2, -0.15) is 0 Å². The van der Waals surface area contributed by atoms with Crippen molar-refractivity contribution in [1.29, 1.82) is 0 Å². The maximum Gasteiger partial charge on any atom is 0.212 e. The summed E-state index contributed by atoms with van der Waals surface area (Å²) in [6.45, 7) is 12.4. The Kier molecular flexibility index (Phi) is 3.86. The van der Waals surface area contributed by atoms with Crippen LogP contribution in [-0.4, -0.2) is 16.1 Å². The van der Waals surface area contributed by atoms with Crippen molar-refractivity contribution < 1.29 is 4.57 Å². The Balaban J connectivity index is 2.04. The van der Waals surface area contributed by atoms with Crippen molar-refractivity contribution >= 4 is 36.9 Å². The number of hydrogen-bond acceptors (Lipinski definition) is 0. The first-order valence-electron chi connectivity index (χ1n) is 9.45. The molecule has 0 amide bonds. The van der Waals surface area contributed by atoms with Crippen LogP contribution in [0.15, 0.2) is 60.8 Å². The summed E-state index contributed by atoms with van der Waals surface area (Å²) in [5.41, 5.74) is 4.09. The Hall–Kier alpha value is -1.98. The minimum absolute atomic E-state index is 1.30. The average Bonchev–Trinajstić information content (AvgIpc) is 2.61. The van der Waals surface area contributed by atoms with E-state index in [0.717, 1.165) is 0 Å². The topological polar surface area (TPSA) is 3.88 Å². The number of aromatic nitrogens is 1. The van der Waals surface area contributed by atoms with Gasteiger partial charge in [0.25, 0.3) is 0 Å². The zero-order chi connectivity index (χ0) is 18.7. The molecule has 26 heavy (non-hydrogen) atoms. The van der Waals surface area contributed by atoms with Gasteiger partial charge < -0.3 is 0 Å². The van der Waals surface area contributed by atoms with E-state index in [1.807, 2.05) is 0 Å². The van der Waals surface area contributed by atoms with Crippen molar-refractivity contribution in [3.63, 3.8) is 0 Å². The predicted molar refractivity (Wildman–Crippen MR) is 118 cm³/mol. The fourth-order valence-electron chi connectivity index (χ4n) is 4.68. The fourth-order valence-corrected chi connectivity index (χ4v) is 14.1. The van der Waals surface area contributed by atoms with Crippen LogP contribution in [0.1, 0.15) is 5.56 Å². The number of nitrogens with zero attached hydrogens (tertiary/aromatic N) is 1. The van der Waals surface area contributed by atoms with E-state index >= 15 is 0 Å². The molecule has 0 fully saturated rings. The van der Waals surface area contributed by atoms with Crippen LogP contribution in [0.4, 0.5) is 0 Å². The van der Waals surface area contributed by atoms with Gasteiger partial charge in [0.1, 0.15) is 23.2 Å². The molecular formula is C23H28NSi2+. The van der Waals surface area contributed by atoms with Crippen LogP contribution in [0.5, 0.6) is 0 Å². The summed E-state index contributed by atoms with van der Waals surface area (Å²) in [6, 6.07) is 20.8. The van der Waals surface area contributed by atoms with Gasteiger partial charge in [-0.05, 0) is 24.6 Å². The smallest absolute Gasteiger partial charge is 0.201 e. The largest absolute Gasteiger partial charge is 0.212 e.